The number of sulfonamides is 2. The Kier molecular flexibility index (Phi) is 6.32. The lowest BCUT2D eigenvalue weighted by Crippen LogP contribution is -2.16. The first-order valence-electron chi connectivity index (χ1n) is 8.48. The number of hydrogen-bond acceptors (Lipinski definition) is 5. The molecule has 8 nitrogen and oxygen atoms in total. The number of nitrogens with one attached hydrogen (secondary N) is 2. The van der Waals surface area contributed by atoms with Gasteiger partial charge in [-0.1, -0.05) is 11.6 Å². The van der Waals surface area contributed by atoms with Gasteiger partial charge in [-0.15, -0.1) is 0 Å². The molecule has 0 aliphatic heterocycles. The standard InChI is InChI=1S/C19H15ClFN3O5S2/c20-13-3-1-12(2-4-13)19(25)23-18-10-9-16(11-17(18)21)31(28,29)24-14-5-7-15(8-6-14)30(22,26)27/h1-11,24H,(H,23,25)(H2,22,26,27). The Labute approximate surface area is 183 Å². The maximum atomic E-state index is 14.4. The Hall–Kier alpha value is -2.99. The monoisotopic (exact) mass is 483 g/mol. The lowest BCUT2D eigenvalue weighted by Gasteiger charge is -2.11. The van der Waals surface area contributed by atoms with Crippen molar-refractivity contribution in [1.29, 1.82) is 0 Å². The van der Waals surface area contributed by atoms with E-state index in [1.165, 1.54) is 36.4 Å². The van der Waals surface area contributed by atoms with Crippen molar-refractivity contribution in [2.45, 2.75) is 9.79 Å². The average Bonchev–Trinajstić information content (AvgIpc) is 2.69. The van der Waals surface area contributed by atoms with Gasteiger partial charge < -0.3 is 5.32 Å². The van der Waals surface area contributed by atoms with Crippen molar-refractivity contribution in [2.75, 3.05) is 10.0 Å². The van der Waals surface area contributed by atoms with Crippen LogP contribution in [-0.2, 0) is 20.0 Å². The third-order valence-corrected chi connectivity index (χ3v) is 6.60. The van der Waals surface area contributed by atoms with E-state index < -0.39 is 36.7 Å². The minimum absolute atomic E-state index is 0.0490. The minimum Gasteiger partial charge on any atom is -0.319 e. The van der Waals surface area contributed by atoms with Crippen molar-refractivity contribution in [2.24, 2.45) is 5.14 Å². The number of hydrogen-bond donors (Lipinski definition) is 3. The molecule has 4 N–H and O–H groups in total. The first kappa shape index (κ1) is 22.7. The van der Waals surface area contributed by atoms with Crippen LogP contribution in [0.25, 0.3) is 0 Å². The van der Waals surface area contributed by atoms with Crippen LogP contribution in [0, 0.1) is 5.82 Å². The zero-order valence-corrected chi connectivity index (χ0v) is 17.9. The third kappa shape index (κ3) is 5.58. The van der Waals surface area contributed by atoms with Gasteiger partial charge >= 0.3 is 0 Å². The number of benzene rings is 3. The van der Waals surface area contributed by atoms with Crippen molar-refractivity contribution < 1.29 is 26.0 Å². The molecule has 0 saturated heterocycles. The number of amides is 1. The summed E-state index contributed by atoms with van der Waals surface area (Å²) >= 11 is 5.76. The summed E-state index contributed by atoms with van der Waals surface area (Å²) < 4.78 is 64.2. The Morgan fingerprint density at radius 3 is 2.00 bits per heavy atom. The third-order valence-electron chi connectivity index (χ3n) is 4.04. The molecule has 0 radical (unpaired) electrons. The largest absolute Gasteiger partial charge is 0.319 e. The van der Waals surface area contributed by atoms with Crippen molar-refractivity contribution in [3.8, 4) is 0 Å². The predicted octanol–water partition coefficient (Wildman–Crippen LogP) is 3.18. The Morgan fingerprint density at radius 1 is 0.871 bits per heavy atom. The zero-order chi connectivity index (χ0) is 22.8. The highest BCUT2D eigenvalue weighted by Crippen LogP contribution is 2.23. The van der Waals surface area contributed by atoms with E-state index in [1.54, 1.807) is 0 Å². The van der Waals surface area contributed by atoms with Gasteiger partial charge in [-0.05, 0) is 66.7 Å². The topological polar surface area (TPSA) is 135 Å². The van der Waals surface area contributed by atoms with Crippen molar-refractivity contribution in [3.05, 3.63) is 83.1 Å². The summed E-state index contributed by atoms with van der Waals surface area (Å²) in [5.74, 6) is -1.56. The van der Waals surface area contributed by atoms with E-state index in [9.17, 15) is 26.0 Å². The van der Waals surface area contributed by atoms with Crippen LogP contribution in [0.15, 0.2) is 76.5 Å². The summed E-state index contributed by atoms with van der Waals surface area (Å²) in [6, 6.07) is 13.6. The fraction of sp³-hybridized carbons (Fsp3) is 0. The van der Waals surface area contributed by atoms with Crippen LogP contribution < -0.4 is 15.2 Å². The number of carbonyl (C=O) groups is 1. The smallest absolute Gasteiger partial charge is 0.261 e. The quantitative estimate of drug-likeness (QED) is 0.494. The van der Waals surface area contributed by atoms with Gasteiger partial charge in [0.1, 0.15) is 5.82 Å². The van der Waals surface area contributed by atoms with E-state index >= 15 is 0 Å². The molecule has 0 fully saturated rings. The highest BCUT2D eigenvalue weighted by atomic mass is 35.5. The maximum Gasteiger partial charge on any atom is 0.261 e. The molecular weight excluding hydrogens is 469 g/mol. The molecule has 0 unspecified atom stereocenters. The van der Waals surface area contributed by atoms with E-state index in [0.29, 0.717) is 5.02 Å². The van der Waals surface area contributed by atoms with Crippen LogP contribution in [0.1, 0.15) is 10.4 Å². The predicted molar refractivity (Wildman–Crippen MR) is 114 cm³/mol. The van der Waals surface area contributed by atoms with Gasteiger partial charge in [0, 0.05) is 16.3 Å². The van der Waals surface area contributed by atoms with Crippen LogP contribution in [0.5, 0.6) is 0 Å². The van der Waals surface area contributed by atoms with E-state index in [0.717, 1.165) is 30.3 Å². The van der Waals surface area contributed by atoms with E-state index in [-0.39, 0.29) is 21.8 Å². The summed E-state index contributed by atoms with van der Waals surface area (Å²) in [4.78, 5) is 11.6. The van der Waals surface area contributed by atoms with Gasteiger partial charge in [-0.25, -0.2) is 26.4 Å². The summed E-state index contributed by atoms with van der Waals surface area (Å²) in [6.07, 6.45) is 0. The fourth-order valence-electron chi connectivity index (χ4n) is 2.49. The molecule has 3 rings (SSSR count). The van der Waals surface area contributed by atoms with Gasteiger partial charge in [-0.3, -0.25) is 9.52 Å². The average molecular weight is 484 g/mol. The molecule has 0 bridgehead atoms. The van der Waals surface area contributed by atoms with Gasteiger partial charge in [0.05, 0.1) is 15.5 Å². The summed E-state index contributed by atoms with van der Waals surface area (Å²) in [5, 5.41) is 7.78. The molecule has 0 saturated carbocycles. The zero-order valence-electron chi connectivity index (χ0n) is 15.5. The fourth-order valence-corrected chi connectivity index (χ4v) is 4.20. The molecule has 0 aromatic heterocycles. The molecule has 0 heterocycles. The molecule has 162 valence electrons. The summed E-state index contributed by atoms with van der Waals surface area (Å²) in [6.45, 7) is 0. The second kappa shape index (κ2) is 8.63. The molecule has 12 heteroatoms. The first-order valence-corrected chi connectivity index (χ1v) is 11.9. The number of halogens is 2. The Morgan fingerprint density at radius 2 is 1.45 bits per heavy atom. The number of rotatable bonds is 6. The molecular formula is C19H15ClFN3O5S2. The van der Waals surface area contributed by atoms with Crippen LogP contribution >= 0.6 is 11.6 Å². The molecule has 0 spiro atoms. The van der Waals surface area contributed by atoms with Gasteiger partial charge in [0.15, 0.2) is 0 Å². The van der Waals surface area contributed by atoms with Crippen LogP contribution in [-0.4, -0.2) is 22.7 Å². The van der Waals surface area contributed by atoms with Gasteiger partial charge in [-0.2, -0.15) is 0 Å². The van der Waals surface area contributed by atoms with Crippen LogP contribution in [0.3, 0.4) is 0 Å². The summed E-state index contributed by atoms with van der Waals surface area (Å²) in [5.41, 5.74) is 0.0782. The van der Waals surface area contributed by atoms with Gasteiger partial charge in [0.25, 0.3) is 15.9 Å². The lowest BCUT2D eigenvalue weighted by atomic mass is 10.2. The number of carbonyl (C=O) groups excluding carboxylic acids is 1. The summed E-state index contributed by atoms with van der Waals surface area (Å²) in [7, 11) is -8.11. The van der Waals surface area contributed by atoms with Crippen LogP contribution in [0.2, 0.25) is 5.02 Å². The van der Waals surface area contributed by atoms with Gasteiger partial charge in [0.2, 0.25) is 10.0 Å². The van der Waals surface area contributed by atoms with Crippen molar-refractivity contribution in [3.63, 3.8) is 0 Å². The number of nitrogens with two attached hydrogens (primary N) is 1. The molecule has 0 atom stereocenters. The second-order valence-electron chi connectivity index (χ2n) is 6.28. The molecule has 0 aliphatic carbocycles. The molecule has 31 heavy (non-hydrogen) atoms. The number of primary sulfonamides is 1. The van der Waals surface area contributed by atoms with E-state index in [1.807, 2.05) is 0 Å². The Bertz CT molecular complexity index is 1340. The minimum atomic E-state index is -4.18. The molecule has 1 amide bonds. The van der Waals surface area contributed by atoms with Crippen LogP contribution in [0.4, 0.5) is 15.8 Å². The SMILES string of the molecule is NS(=O)(=O)c1ccc(NS(=O)(=O)c2ccc(NC(=O)c3ccc(Cl)cc3)c(F)c2)cc1. The van der Waals surface area contributed by atoms with Crippen molar-refractivity contribution >= 4 is 48.9 Å². The lowest BCUT2D eigenvalue weighted by molar-refractivity contribution is 0.102. The molecule has 3 aromatic rings. The highest BCUT2D eigenvalue weighted by Gasteiger charge is 2.18. The highest BCUT2D eigenvalue weighted by molar-refractivity contribution is 7.92. The number of anilines is 2. The Balaban J connectivity index is 1.77. The molecule has 3 aromatic carbocycles. The maximum absolute atomic E-state index is 14.4. The second-order valence-corrected chi connectivity index (χ2v) is 9.96. The van der Waals surface area contributed by atoms with E-state index in [2.05, 4.69) is 10.0 Å². The van der Waals surface area contributed by atoms with Crippen molar-refractivity contribution in [1.82, 2.24) is 0 Å². The first-order chi connectivity index (χ1) is 14.5. The molecule has 0 aliphatic rings. The normalized spacial score (nSPS) is 11.7. The van der Waals surface area contributed by atoms with E-state index in [4.69, 9.17) is 16.7 Å².